The molecule has 0 saturated heterocycles. The molecule has 5 unspecified atom stereocenters. The Hall–Kier alpha value is -8.34. The standard InChI is InChI=1S/C16H16O.C15H16O.C15H14O.C14H14O.3C12H16O/c1-2-17-11-16-14-9-5-3-7-12(14)13-8-4-6-10-15(13)16;1-2-16-10-13-9-12-7-3-5-11-6-4-8-14(13)15(11)12;1-2-16-15-13-9-5-3-7-11(13)12-8-4-6-10-14(12)15;1-2-15-13-9-11-7-3-5-10-6-4-8-12(13)14(10)11;1-2-13-12-9-5-7-10-6-3-4-8-11(10)12;1-2-13-9-11-8-7-10-5-3-4-6-12(10)11;1-2-13-12-8-7-10-5-3-4-6-11(10)9-12/h3-10,16H,2,11H2,1H3;3-8,13H,2,9-10H2,1H3;3-10,15H,2H2,1H3;3-8,13H,2,9H2,1H3;3-4,6,8,12H,2,5,7,9H2,1H3;3-6,11H,2,7-9H2,1H3;3-6,12H,2,7-9H2,1H3. The maximum absolute atomic E-state index is 5.86. The van der Waals surface area contributed by atoms with E-state index in [2.05, 4.69) is 277 Å². The summed E-state index contributed by atoms with van der Waals surface area (Å²) >= 11 is 0. The van der Waals surface area contributed by atoms with Crippen molar-refractivity contribution >= 4 is 21.5 Å². The van der Waals surface area contributed by atoms with Crippen LogP contribution in [0.3, 0.4) is 0 Å². The lowest BCUT2D eigenvalue weighted by Crippen LogP contribution is -2.22. The smallest absolute Gasteiger partial charge is 0.109 e. The van der Waals surface area contributed by atoms with Crippen LogP contribution < -0.4 is 0 Å². The molecule has 0 aliphatic heterocycles. The van der Waals surface area contributed by atoms with Crippen molar-refractivity contribution in [1.82, 2.24) is 0 Å². The normalized spacial score (nSPS) is 17.8. The quantitative estimate of drug-likeness (QED) is 0.0900. The maximum Gasteiger partial charge on any atom is 0.109 e. The van der Waals surface area contributed by atoms with Crippen molar-refractivity contribution in [3.63, 3.8) is 0 Å². The largest absolute Gasteiger partial charge is 0.381 e. The molecule has 0 radical (unpaired) electrons. The summed E-state index contributed by atoms with van der Waals surface area (Å²) in [4.78, 5) is 0. The Balaban J connectivity index is 0.000000114. The Morgan fingerprint density at radius 1 is 0.272 bits per heavy atom. The van der Waals surface area contributed by atoms with Crippen molar-refractivity contribution in [3.8, 4) is 22.3 Å². The minimum absolute atomic E-state index is 0.123. The summed E-state index contributed by atoms with van der Waals surface area (Å²) in [5, 5.41) is 5.59. The van der Waals surface area contributed by atoms with Crippen LogP contribution >= 0.6 is 0 Å². The molecule has 7 aliphatic rings. The fourth-order valence-corrected chi connectivity index (χ4v) is 16.6. The number of ether oxygens (including phenoxy) is 7. The van der Waals surface area contributed by atoms with Crippen LogP contribution in [0.1, 0.15) is 188 Å². The van der Waals surface area contributed by atoms with Crippen LogP contribution in [0.25, 0.3) is 43.8 Å². The van der Waals surface area contributed by atoms with Crippen molar-refractivity contribution in [3.05, 3.63) is 321 Å². The highest BCUT2D eigenvalue weighted by Gasteiger charge is 2.31. The van der Waals surface area contributed by atoms with Gasteiger partial charge in [-0.1, -0.05) is 243 Å². The molecular formula is C96H108O7. The molecule has 0 saturated carbocycles. The second kappa shape index (κ2) is 37.9. The summed E-state index contributed by atoms with van der Waals surface area (Å²) in [5.74, 6) is 1.61. The number of hydrogen-bond donors (Lipinski definition) is 0. The van der Waals surface area contributed by atoms with Gasteiger partial charge < -0.3 is 33.2 Å². The van der Waals surface area contributed by atoms with Gasteiger partial charge in [0.25, 0.3) is 0 Å². The highest BCUT2D eigenvalue weighted by atomic mass is 16.5. The molecule has 5 atom stereocenters. The maximum atomic E-state index is 5.86. The zero-order valence-electron chi connectivity index (χ0n) is 62.1. The number of rotatable bonds is 17. The lowest BCUT2D eigenvalue weighted by Gasteiger charge is -2.24. The Morgan fingerprint density at radius 2 is 0.689 bits per heavy atom. The van der Waals surface area contributed by atoms with E-state index < -0.39 is 0 Å². The predicted molar refractivity (Wildman–Crippen MR) is 426 cm³/mol. The molecule has 7 nitrogen and oxygen atoms in total. The highest BCUT2D eigenvalue weighted by molar-refractivity contribution is 5.92. The Kier molecular flexibility index (Phi) is 27.4. The van der Waals surface area contributed by atoms with Gasteiger partial charge in [0, 0.05) is 70.4 Å². The van der Waals surface area contributed by atoms with Gasteiger partial charge in [-0.05, 0) is 228 Å². The van der Waals surface area contributed by atoms with E-state index >= 15 is 0 Å². The van der Waals surface area contributed by atoms with Crippen LogP contribution in [0.2, 0.25) is 0 Å². The van der Waals surface area contributed by atoms with E-state index in [1.807, 2.05) is 13.8 Å². The Labute approximate surface area is 614 Å². The molecule has 0 spiro atoms. The highest BCUT2D eigenvalue weighted by Crippen LogP contribution is 2.47. The molecule has 7 heteroatoms. The monoisotopic (exact) mass is 1370 g/mol. The molecule has 11 aromatic rings. The summed E-state index contributed by atoms with van der Waals surface area (Å²) in [6.07, 6.45) is 13.0. The Morgan fingerprint density at radius 3 is 1.27 bits per heavy atom. The molecule has 18 rings (SSSR count). The van der Waals surface area contributed by atoms with Gasteiger partial charge in [0.15, 0.2) is 0 Å². The van der Waals surface area contributed by atoms with Crippen LogP contribution in [0.4, 0.5) is 0 Å². The lowest BCUT2D eigenvalue weighted by molar-refractivity contribution is 0.0500. The number of hydrogen-bond acceptors (Lipinski definition) is 7. The molecule has 0 amide bonds. The SMILES string of the molecule is CCOC1CCCc2ccccc21.CCOC1CCc2ccccc2C1.CCOC1Cc2cccc3cccc1c23.CCOC1c2ccccc2-c2ccccc21.CCOCC1CCc2ccccc21.CCOCC1Cc2cccc3cccc1c23.CCOCC1c2ccccc2-c2ccccc21. The minimum Gasteiger partial charge on any atom is -0.381 e. The number of aryl methyl sites for hydroxylation is 3. The van der Waals surface area contributed by atoms with E-state index in [0.29, 0.717) is 30.0 Å². The first-order valence-electron chi connectivity index (χ1n) is 38.7. The van der Waals surface area contributed by atoms with Crippen LogP contribution in [-0.2, 0) is 71.7 Å². The molecule has 0 bridgehead atoms. The van der Waals surface area contributed by atoms with Gasteiger partial charge in [0.1, 0.15) is 6.10 Å². The van der Waals surface area contributed by atoms with Crippen LogP contribution in [0.15, 0.2) is 243 Å². The van der Waals surface area contributed by atoms with Gasteiger partial charge in [0.05, 0.1) is 38.1 Å². The van der Waals surface area contributed by atoms with Gasteiger partial charge >= 0.3 is 0 Å². The number of fused-ring (bicyclic) bond motifs is 9. The predicted octanol–water partition coefficient (Wildman–Crippen LogP) is 23.1. The summed E-state index contributed by atoms with van der Waals surface area (Å²) in [5.41, 5.74) is 25.4. The molecule has 0 fully saturated rings. The molecule has 7 aliphatic carbocycles. The van der Waals surface area contributed by atoms with Gasteiger partial charge in [-0.3, -0.25) is 0 Å². The van der Waals surface area contributed by atoms with E-state index in [1.165, 1.54) is 167 Å². The minimum atomic E-state index is 0.123. The first-order valence-corrected chi connectivity index (χ1v) is 38.7. The van der Waals surface area contributed by atoms with Crippen molar-refractivity contribution in [1.29, 1.82) is 0 Å². The van der Waals surface area contributed by atoms with E-state index in [0.717, 1.165) is 85.3 Å². The molecule has 0 N–H and O–H groups in total. The van der Waals surface area contributed by atoms with Crippen molar-refractivity contribution in [2.45, 2.75) is 155 Å². The first-order chi connectivity index (χ1) is 50.9. The van der Waals surface area contributed by atoms with Gasteiger partial charge in [-0.2, -0.15) is 0 Å². The van der Waals surface area contributed by atoms with E-state index in [1.54, 1.807) is 0 Å². The van der Waals surface area contributed by atoms with E-state index in [9.17, 15) is 0 Å². The molecule has 534 valence electrons. The fraction of sp³-hybridized carbons (Fsp3) is 0.354. The second-order valence-corrected chi connectivity index (χ2v) is 27.5. The van der Waals surface area contributed by atoms with E-state index in [4.69, 9.17) is 33.2 Å². The second-order valence-electron chi connectivity index (χ2n) is 27.5. The van der Waals surface area contributed by atoms with Crippen molar-refractivity contribution in [2.24, 2.45) is 0 Å². The average molecular weight is 1370 g/mol. The molecular weight excluding hydrogens is 1270 g/mol. The topological polar surface area (TPSA) is 64.6 Å². The summed E-state index contributed by atoms with van der Waals surface area (Å²) in [6.45, 7) is 22.5. The van der Waals surface area contributed by atoms with Crippen molar-refractivity contribution in [2.75, 3.05) is 66.1 Å². The fourth-order valence-electron chi connectivity index (χ4n) is 16.6. The number of benzene rings is 11. The zero-order chi connectivity index (χ0) is 71.1. The van der Waals surface area contributed by atoms with Gasteiger partial charge in [-0.15, -0.1) is 0 Å². The van der Waals surface area contributed by atoms with E-state index in [-0.39, 0.29) is 12.2 Å². The van der Waals surface area contributed by atoms with Crippen LogP contribution in [-0.4, -0.2) is 72.2 Å². The average Bonchev–Trinajstić information content (AvgIpc) is 1.55. The van der Waals surface area contributed by atoms with Crippen LogP contribution in [0, 0.1) is 0 Å². The van der Waals surface area contributed by atoms with Crippen molar-refractivity contribution < 1.29 is 33.2 Å². The lowest BCUT2D eigenvalue weighted by atomic mass is 9.89. The first kappa shape index (κ1) is 74.4. The summed E-state index contributed by atoms with van der Waals surface area (Å²) in [6, 6.07) is 86.6. The Bertz CT molecular complexity index is 4370. The van der Waals surface area contributed by atoms with Crippen LogP contribution in [0.5, 0.6) is 0 Å². The summed E-state index contributed by atoms with van der Waals surface area (Å²) in [7, 11) is 0. The van der Waals surface area contributed by atoms with Gasteiger partial charge in [-0.25, -0.2) is 0 Å². The summed E-state index contributed by atoms with van der Waals surface area (Å²) < 4.78 is 39.7. The molecule has 103 heavy (non-hydrogen) atoms. The third-order valence-corrected chi connectivity index (χ3v) is 21.3. The molecule has 11 aromatic carbocycles. The zero-order valence-corrected chi connectivity index (χ0v) is 62.1. The van der Waals surface area contributed by atoms with Gasteiger partial charge in [0.2, 0.25) is 0 Å². The third kappa shape index (κ3) is 18.1. The third-order valence-electron chi connectivity index (χ3n) is 21.3. The molecule has 0 aromatic heterocycles. The molecule has 0 heterocycles.